The van der Waals surface area contributed by atoms with Gasteiger partial charge in [0.25, 0.3) is 10.0 Å². The standard InChI is InChI=1S/C21H18ClNO3S/c1-26-18-9-11-19(12-10-18)27(24,25)23-14-13-16-3-2-4-20(21(16)23)15-5-7-17(22)8-6-15/h2-12H,13-14H2,1H3. The van der Waals surface area contributed by atoms with Gasteiger partial charge in [0.1, 0.15) is 5.75 Å². The maximum atomic E-state index is 13.3. The molecule has 0 saturated carbocycles. The molecule has 6 heteroatoms. The Morgan fingerprint density at radius 1 is 0.963 bits per heavy atom. The highest BCUT2D eigenvalue weighted by Gasteiger charge is 2.33. The van der Waals surface area contributed by atoms with Crippen molar-refractivity contribution in [3.05, 3.63) is 77.3 Å². The molecule has 4 nitrogen and oxygen atoms in total. The molecule has 0 bridgehead atoms. The molecule has 3 aromatic carbocycles. The molecule has 0 N–H and O–H groups in total. The molecule has 0 spiro atoms. The highest BCUT2D eigenvalue weighted by molar-refractivity contribution is 7.92. The fourth-order valence-electron chi connectivity index (χ4n) is 3.40. The van der Waals surface area contributed by atoms with Crippen LogP contribution in [0, 0.1) is 0 Å². The normalized spacial score (nSPS) is 13.5. The molecule has 1 heterocycles. The summed E-state index contributed by atoms with van der Waals surface area (Å²) in [5.74, 6) is 0.623. The number of para-hydroxylation sites is 1. The molecule has 0 fully saturated rings. The predicted octanol–water partition coefficient (Wildman–Crippen LogP) is 4.77. The number of halogens is 1. The number of hydrogen-bond acceptors (Lipinski definition) is 3. The molecule has 0 atom stereocenters. The third-order valence-electron chi connectivity index (χ3n) is 4.76. The Labute approximate surface area is 164 Å². The second kappa shape index (κ2) is 6.91. The van der Waals surface area contributed by atoms with Gasteiger partial charge < -0.3 is 4.74 Å². The molecule has 3 aromatic rings. The van der Waals surface area contributed by atoms with Gasteiger partial charge >= 0.3 is 0 Å². The van der Waals surface area contributed by atoms with Crippen LogP contribution in [0.25, 0.3) is 11.1 Å². The first-order valence-corrected chi connectivity index (χ1v) is 10.4. The van der Waals surface area contributed by atoms with Gasteiger partial charge in [-0.25, -0.2) is 8.42 Å². The van der Waals surface area contributed by atoms with Crippen LogP contribution in [-0.2, 0) is 16.4 Å². The molecule has 0 aromatic heterocycles. The van der Waals surface area contributed by atoms with E-state index in [9.17, 15) is 8.42 Å². The summed E-state index contributed by atoms with van der Waals surface area (Å²) in [6.07, 6.45) is 0.687. The van der Waals surface area contributed by atoms with E-state index in [-0.39, 0.29) is 4.90 Å². The van der Waals surface area contributed by atoms with Crippen LogP contribution in [0.1, 0.15) is 5.56 Å². The van der Waals surface area contributed by atoms with E-state index >= 15 is 0 Å². The van der Waals surface area contributed by atoms with E-state index in [1.165, 1.54) is 4.31 Å². The van der Waals surface area contributed by atoms with Crippen LogP contribution in [0.4, 0.5) is 5.69 Å². The summed E-state index contributed by atoms with van der Waals surface area (Å²) < 4.78 is 33.2. The van der Waals surface area contributed by atoms with Gasteiger partial charge in [-0.15, -0.1) is 0 Å². The molecular weight excluding hydrogens is 382 g/mol. The van der Waals surface area contributed by atoms with Crippen molar-refractivity contribution < 1.29 is 13.2 Å². The molecule has 0 radical (unpaired) electrons. The van der Waals surface area contributed by atoms with Gasteiger partial charge in [0, 0.05) is 17.1 Å². The fraction of sp³-hybridized carbons (Fsp3) is 0.143. The van der Waals surface area contributed by atoms with Crippen molar-refractivity contribution in [2.45, 2.75) is 11.3 Å². The van der Waals surface area contributed by atoms with Crippen LogP contribution in [0.3, 0.4) is 0 Å². The maximum Gasteiger partial charge on any atom is 0.264 e. The number of hydrogen-bond donors (Lipinski definition) is 0. The monoisotopic (exact) mass is 399 g/mol. The van der Waals surface area contributed by atoms with Crippen LogP contribution in [-0.4, -0.2) is 22.1 Å². The Kier molecular flexibility index (Phi) is 4.58. The number of fused-ring (bicyclic) bond motifs is 1. The molecule has 27 heavy (non-hydrogen) atoms. The summed E-state index contributed by atoms with van der Waals surface area (Å²) >= 11 is 6.01. The molecule has 0 amide bonds. The third-order valence-corrected chi connectivity index (χ3v) is 6.82. The van der Waals surface area contributed by atoms with Crippen molar-refractivity contribution in [1.29, 1.82) is 0 Å². The topological polar surface area (TPSA) is 46.6 Å². The molecule has 0 saturated heterocycles. The maximum absolute atomic E-state index is 13.3. The molecule has 4 rings (SSSR count). The van der Waals surface area contributed by atoms with Crippen molar-refractivity contribution in [2.24, 2.45) is 0 Å². The predicted molar refractivity (Wildman–Crippen MR) is 108 cm³/mol. The van der Waals surface area contributed by atoms with E-state index in [0.717, 1.165) is 22.4 Å². The van der Waals surface area contributed by atoms with E-state index in [2.05, 4.69) is 0 Å². The minimum absolute atomic E-state index is 0.252. The number of anilines is 1. The van der Waals surface area contributed by atoms with Crippen LogP contribution >= 0.6 is 11.6 Å². The number of ether oxygens (including phenoxy) is 1. The average molecular weight is 400 g/mol. The van der Waals surface area contributed by atoms with Crippen LogP contribution in [0.2, 0.25) is 5.02 Å². The first kappa shape index (κ1) is 17.9. The van der Waals surface area contributed by atoms with Gasteiger partial charge in [0.15, 0.2) is 0 Å². The Hall–Kier alpha value is -2.50. The molecule has 1 aliphatic rings. The highest BCUT2D eigenvalue weighted by atomic mass is 35.5. The summed E-state index contributed by atoms with van der Waals surface area (Å²) in [4.78, 5) is 0.252. The molecule has 138 valence electrons. The van der Waals surface area contributed by atoms with E-state index < -0.39 is 10.0 Å². The van der Waals surface area contributed by atoms with Gasteiger partial charge in [-0.2, -0.15) is 0 Å². The molecule has 0 aliphatic carbocycles. The van der Waals surface area contributed by atoms with Crippen molar-refractivity contribution in [1.82, 2.24) is 0 Å². The second-order valence-corrected chi connectivity index (χ2v) is 8.62. The van der Waals surface area contributed by atoms with Gasteiger partial charge in [0.05, 0.1) is 17.7 Å². The second-order valence-electron chi connectivity index (χ2n) is 6.32. The van der Waals surface area contributed by atoms with Crippen molar-refractivity contribution in [3.63, 3.8) is 0 Å². The fourth-order valence-corrected chi connectivity index (χ4v) is 5.05. The largest absolute Gasteiger partial charge is 0.497 e. The average Bonchev–Trinajstić information content (AvgIpc) is 3.14. The number of nitrogens with zero attached hydrogens (tertiary/aromatic N) is 1. The first-order valence-electron chi connectivity index (χ1n) is 8.55. The van der Waals surface area contributed by atoms with Crippen LogP contribution in [0.5, 0.6) is 5.75 Å². The summed E-state index contributed by atoms with van der Waals surface area (Å²) in [5.41, 5.74) is 3.60. The summed E-state index contributed by atoms with van der Waals surface area (Å²) in [5, 5.41) is 0.647. The lowest BCUT2D eigenvalue weighted by atomic mass is 10.0. The zero-order chi connectivity index (χ0) is 19.0. The van der Waals surface area contributed by atoms with Gasteiger partial charge in [0.2, 0.25) is 0 Å². The molecule has 1 aliphatic heterocycles. The number of methoxy groups -OCH3 is 1. The SMILES string of the molecule is COc1ccc(S(=O)(=O)N2CCc3cccc(-c4ccc(Cl)cc4)c32)cc1. The van der Waals surface area contributed by atoms with E-state index in [1.54, 1.807) is 31.4 Å². The number of benzene rings is 3. The van der Waals surface area contributed by atoms with E-state index in [4.69, 9.17) is 16.3 Å². The minimum atomic E-state index is -3.66. The van der Waals surface area contributed by atoms with Gasteiger partial charge in [-0.1, -0.05) is 41.9 Å². The molecule has 0 unspecified atom stereocenters. The quantitative estimate of drug-likeness (QED) is 0.635. The number of sulfonamides is 1. The minimum Gasteiger partial charge on any atom is -0.497 e. The van der Waals surface area contributed by atoms with Crippen molar-refractivity contribution in [2.75, 3.05) is 18.0 Å². The lowest BCUT2D eigenvalue weighted by Gasteiger charge is -2.22. The Bertz CT molecular complexity index is 1080. The smallest absolute Gasteiger partial charge is 0.264 e. The molecular formula is C21H18ClNO3S. The first-order chi connectivity index (χ1) is 13.0. The van der Waals surface area contributed by atoms with Crippen LogP contribution in [0.15, 0.2) is 71.6 Å². The Balaban J connectivity index is 1.81. The third kappa shape index (κ3) is 3.17. The van der Waals surface area contributed by atoms with E-state index in [1.807, 2.05) is 42.5 Å². The zero-order valence-corrected chi connectivity index (χ0v) is 16.3. The zero-order valence-electron chi connectivity index (χ0n) is 14.7. The van der Waals surface area contributed by atoms with Crippen molar-refractivity contribution >= 4 is 27.3 Å². The lowest BCUT2D eigenvalue weighted by Crippen LogP contribution is -2.29. The summed E-state index contributed by atoms with van der Waals surface area (Å²) in [7, 11) is -2.11. The lowest BCUT2D eigenvalue weighted by molar-refractivity contribution is 0.414. The van der Waals surface area contributed by atoms with Crippen molar-refractivity contribution in [3.8, 4) is 16.9 Å². The van der Waals surface area contributed by atoms with Gasteiger partial charge in [-0.05, 0) is 53.9 Å². The summed E-state index contributed by atoms with van der Waals surface area (Å²) in [6.45, 7) is 0.425. The summed E-state index contributed by atoms with van der Waals surface area (Å²) in [6, 6.07) is 19.8. The Morgan fingerprint density at radius 3 is 2.33 bits per heavy atom. The van der Waals surface area contributed by atoms with Crippen LogP contribution < -0.4 is 9.04 Å². The van der Waals surface area contributed by atoms with Gasteiger partial charge in [-0.3, -0.25) is 4.31 Å². The highest BCUT2D eigenvalue weighted by Crippen LogP contribution is 2.41. The van der Waals surface area contributed by atoms with E-state index in [0.29, 0.717) is 23.7 Å². The Morgan fingerprint density at radius 2 is 1.67 bits per heavy atom. The number of rotatable bonds is 4.